The van der Waals surface area contributed by atoms with E-state index in [0.29, 0.717) is 25.1 Å². The quantitative estimate of drug-likeness (QED) is 0.670. The molecule has 0 N–H and O–H groups in total. The standard InChI is InChI=1S/C14H27NO2/c1-4-8-13-9-6-7-10-15(13)12(3)11-14(16)17-5-2/h12-13H,4-11H2,1-3H3. The van der Waals surface area contributed by atoms with Crippen LogP contribution in [0.2, 0.25) is 0 Å². The minimum absolute atomic E-state index is 0.0548. The van der Waals surface area contributed by atoms with Crippen molar-refractivity contribution in [2.45, 2.75) is 71.4 Å². The molecule has 0 aliphatic carbocycles. The van der Waals surface area contributed by atoms with E-state index in [9.17, 15) is 4.79 Å². The molecule has 3 nitrogen and oxygen atoms in total. The number of ether oxygens (including phenoxy) is 1. The van der Waals surface area contributed by atoms with E-state index in [1.54, 1.807) is 0 Å². The lowest BCUT2D eigenvalue weighted by atomic mass is 9.96. The molecule has 1 aliphatic rings. The number of hydrogen-bond acceptors (Lipinski definition) is 3. The van der Waals surface area contributed by atoms with Crippen LogP contribution in [0.25, 0.3) is 0 Å². The summed E-state index contributed by atoms with van der Waals surface area (Å²) < 4.78 is 5.03. The third-order valence-corrected chi connectivity index (χ3v) is 3.63. The Bertz CT molecular complexity index is 228. The highest BCUT2D eigenvalue weighted by molar-refractivity contribution is 5.70. The average Bonchev–Trinajstić information content (AvgIpc) is 2.30. The zero-order valence-electron chi connectivity index (χ0n) is 11.6. The van der Waals surface area contributed by atoms with Gasteiger partial charge in [0.1, 0.15) is 0 Å². The Labute approximate surface area is 106 Å². The lowest BCUT2D eigenvalue weighted by molar-refractivity contribution is -0.144. The summed E-state index contributed by atoms with van der Waals surface area (Å²) in [5.41, 5.74) is 0. The first-order valence-corrected chi connectivity index (χ1v) is 7.10. The summed E-state index contributed by atoms with van der Waals surface area (Å²) in [6.07, 6.45) is 6.93. The molecule has 1 saturated heterocycles. The van der Waals surface area contributed by atoms with Crippen LogP contribution < -0.4 is 0 Å². The summed E-state index contributed by atoms with van der Waals surface area (Å²) in [4.78, 5) is 14.0. The van der Waals surface area contributed by atoms with Gasteiger partial charge in [0.15, 0.2) is 0 Å². The van der Waals surface area contributed by atoms with Gasteiger partial charge >= 0.3 is 5.97 Å². The molecule has 2 atom stereocenters. The van der Waals surface area contributed by atoms with Crippen LogP contribution in [0.1, 0.15) is 59.3 Å². The van der Waals surface area contributed by atoms with Crippen molar-refractivity contribution in [3.63, 3.8) is 0 Å². The first kappa shape index (κ1) is 14.5. The van der Waals surface area contributed by atoms with E-state index in [4.69, 9.17) is 4.74 Å². The Balaban J connectivity index is 2.46. The average molecular weight is 241 g/mol. The maximum atomic E-state index is 11.5. The predicted octanol–water partition coefficient (Wildman–Crippen LogP) is 2.98. The molecule has 0 aromatic rings. The summed E-state index contributed by atoms with van der Waals surface area (Å²) in [5.74, 6) is -0.0548. The van der Waals surface area contributed by atoms with Gasteiger partial charge in [0, 0.05) is 12.1 Å². The van der Waals surface area contributed by atoms with Crippen molar-refractivity contribution < 1.29 is 9.53 Å². The SMILES string of the molecule is CCCC1CCCCN1C(C)CC(=O)OCC. The summed E-state index contributed by atoms with van der Waals surface area (Å²) in [7, 11) is 0. The molecule has 1 aliphatic heterocycles. The molecule has 1 rings (SSSR count). The molecule has 0 bridgehead atoms. The lowest BCUT2D eigenvalue weighted by Gasteiger charge is -2.39. The van der Waals surface area contributed by atoms with Crippen molar-refractivity contribution in [2.75, 3.05) is 13.2 Å². The number of nitrogens with zero attached hydrogens (tertiary/aromatic N) is 1. The fourth-order valence-electron chi connectivity index (χ4n) is 2.82. The van der Waals surface area contributed by atoms with E-state index >= 15 is 0 Å². The minimum atomic E-state index is -0.0548. The fourth-order valence-corrected chi connectivity index (χ4v) is 2.82. The Kier molecular flexibility index (Phi) is 6.56. The first-order chi connectivity index (χ1) is 8.19. The molecule has 0 aromatic carbocycles. The van der Waals surface area contributed by atoms with Gasteiger partial charge in [0.2, 0.25) is 0 Å². The smallest absolute Gasteiger partial charge is 0.307 e. The molecule has 0 radical (unpaired) electrons. The third kappa shape index (κ3) is 4.66. The van der Waals surface area contributed by atoms with Crippen LogP contribution in [-0.4, -0.2) is 36.1 Å². The second-order valence-electron chi connectivity index (χ2n) is 5.03. The van der Waals surface area contributed by atoms with Crippen molar-refractivity contribution in [3.05, 3.63) is 0 Å². The summed E-state index contributed by atoms with van der Waals surface area (Å²) >= 11 is 0. The van der Waals surface area contributed by atoms with E-state index in [0.717, 1.165) is 6.54 Å². The molecule has 1 fully saturated rings. The van der Waals surface area contributed by atoms with Gasteiger partial charge in [-0.25, -0.2) is 0 Å². The highest BCUT2D eigenvalue weighted by atomic mass is 16.5. The monoisotopic (exact) mass is 241 g/mol. The Hall–Kier alpha value is -0.570. The highest BCUT2D eigenvalue weighted by Gasteiger charge is 2.27. The zero-order valence-corrected chi connectivity index (χ0v) is 11.6. The molecule has 0 amide bonds. The van der Waals surface area contributed by atoms with Crippen LogP contribution in [0, 0.1) is 0 Å². The predicted molar refractivity (Wildman–Crippen MR) is 70.0 cm³/mol. The van der Waals surface area contributed by atoms with E-state index < -0.39 is 0 Å². The number of rotatable bonds is 6. The van der Waals surface area contributed by atoms with Gasteiger partial charge in [-0.1, -0.05) is 19.8 Å². The number of carbonyl (C=O) groups excluding carboxylic acids is 1. The zero-order chi connectivity index (χ0) is 12.7. The van der Waals surface area contributed by atoms with E-state index in [-0.39, 0.29) is 5.97 Å². The van der Waals surface area contributed by atoms with Gasteiger partial charge in [0.05, 0.1) is 13.0 Å². The Morgan fingerprint density at radius 1 is 1.41 bits per heavy atom. The second kappa shape index (κ2) is 7.70. The van der Waals surface area contributed by atoms with Gasteiger partial charge in [-0.3, -0.25) is 9.69 Å². The maximum Gasteiger partial charge on any atom is 0.307 e. The molecule has 0 saturated carbocycles. The van der Waals surface area contributed by atoms with Crippen LogP contribution in [-0.2, 0) is 9.53 Å². The molecule has 1 heterocycles. The van der Waals surface area contributed by atoms with Crippen LogP contribution in [0.15, 0.2) is 0 Å². The number of esters is 1. The lowest BCUT2D eigenvalue weighted by Crippen LogP contribution is -2.45. The molecular weight excluding hydrogens is 214 g/mol. The van der Waals surface area contributed by atoms with Crippen LogP contribution in [0.3, 0.4) is 0 Å². The van der Waals surface area contributed by atoms with Crippen LogP contribution in [0.5, 0.6) is 0 Å². The molecule has 0 aromatic heterocycles. The third-order valence-electron chi connectivity index (χ3n) is 3.63. The van der Waals surface area contributed by atoms with Crippen molar-refractivity contribution in [1.82, 2.24) is 4.90 Å². The van der Waals surface area contributed by atoms with Crippen molar-refractivity contribution in [1.29, 1.82) is 0 Å². The van der Waals surface area contributed by atoms with E-state index in [1.807, 2.05) is 6.92 Å². The number of carbonyl (C=O) groups is 1. The van der Waals surface area contributed by atoms with Crippen LogP contribution in [0.4, 0.5) is 0 Å². The molecule has 2 unspecified atom stereocenters. The number of hydrogen-bond donors (Lipinski definition) is 0. The molecular formula is C14H27NO2. The minimum Gasteiger partial charge on any atom is -0.466 e. The van der Waals surface area contributed by atoms with Gasteiger partial charge in [-0.05, 0) is 39.7 Å². The largest absolute Gasteiger partial charge is 0.466 e. The van der Waals surface area contributed by atoms with Crippen LogP contribution >= 0.6 is 0 Å². The number of piperidine rings is 1. The molecule has 0 spiro atoms. The van der Waals surface area contributed by atoms with Crippen molar-refractivity contribution in [2.24, 2.45) is 0 Å². The van der Waals surface area contributed by atoms with Gasteiger partial charge in [-0.15, -0.1) is 0 Å². The second-order valence-corrected chi connectivity index (χ2v) is 5.03. The van der Waals surface area contributed by atoms with Crippen molar-refractivity contribution in [3.8, 4) is 0 Å². The van der Waals surface area contributed by atoms with E-state index in [2.05, 4.69) is 18.7 Å². The normalized spacial score (nSPS) is 23.4. The molecule has 100 valence electrons. The first-order valence-electron chi connectivity index (χ1n) is 7.10. The van der Waals surface area contributed by atoms with Gasteiger partial charge < -0.3 is 4.74 Å². The maximum absolute atomic E-state index is 11.5. The molecule has 17 heavy (non-hydrogen) atoms. The summed E-state index contributed by atoms with van der Waals surface area (Å²) in [6, 6.07) is 1.00. The van der Waals surface area contributed by atoms with E-state index in [1.165, 1.54) is 32.1 Å². The molecule has 3 heteroatoms. The summed E-state index contributed by atoms with van der Waals surface area (Å²) in [6.45, 7) is 7.90. The van der Waals surface area contributed by atoms with Crippen molar-refractivity contribution >= 4 is 5.97 Å². The van der Waals surface area contributed by atoms with Gasteiger partial charge in [-0.2, -0.15) is 0 Å². The topological polar surface area (TPSA) is 29.5 Å². The Morgan fingerprint density at radius 3 is 2.82 bits per heavy atom. The summed E-state index contributed by atoms with van der Waals surface area (Å²) in [5, 5.41) is 0. The number of likely N-dealkylation sites (tertiary alicyclic amines) is 1. The van der Waals surface area contributed by atoms with Gasteiger partial charge in [0.25, 0.3) is 0 Å². The fraction of sp³-hybridized carbons (Fsp3) is 0.929. The Morgan fingerprint density at radius 2 is 2.18 bits per heavy atom. The highest BCUT2D eigenvalue weighted by Crippen LogP contribution is 2.24.